The van der Waals surface area contributed by atoms with Crippen LogP contribution in [0.25, 0.3) is 0 Å². The van der Waals surface area contributed by atoms with Gasteiger partial charge in [-0.25, -0.2) is 4.98 Å². The Morgan fingerprint density at radius 2 is 2.31 bits per heavy atom. The maximum Gasteiger partial charge on any atom is 0.296 e. The van der Waals surface area contributed by atoms with Gasteiger partial charge in [0, 0.05) is 24.9 Å². The van der Waals surface area contributed by atoms with Crippen molar-refractivity contribution in [3.63, 3.8) is 0 Å². The number of ether oxygens (including phenoxy) is 1. The first-order valence-corrected chi connectivity index (χ1v) is 4.71. The first kappa shape index (κ1) is 8.60. The number of rotatable bonds is 0. The van der Waals surface area contributed by atoms with Gasteiger partial charge >= 0.3 is 0 Å². The second kappa shape index (κ2) is 2.76. The lowest BCUT2D eigenvalue weighted by Crippen LogP contribution is -2.34. The van der Waals surface area contributed by atoms with Crippen LogP contribution in [0.15, 0.2) is 12.4 Å². The molecule has 1 unspecified atom stereocenters. The molecule has 0 radical (unpaired) electrons. The van der Waals surface area contributed by atoms with Crippen LogP contribution in [-0.4, -0.2) is 16.2 Å². The molecule has 0 amide bonds. The van der Waals surface area contributed by atoms with E-state index in [4.69, 9.17) is 4.74 Å². The van der Waals surface area contributed by atoms with Gasteiger partial charge < -0.3 is 9.30 Å². The van der Waals surface area contributed by atoms with Crippen LogP contribution in [0.3, 0.4) is 0 Å². The number of fused-ring (bicyclic) bond motifs is 1. The standard InChI is InChI=1S/C10H16N2O/c1-10(2,3)8-6-12-5-4-11-9(12)13-7-8/h4-5,8H,6-7H2,1-3H3. The van der Waals surface area contributed by atoms with Crippen LogP contribution in [-0.2, 0) is 6.54 Å². The monoisotopic (exact) mass is 180 g/mol. The van der Waals surface area contributed by atoms with Gasteiger partial charge in [-0.05, 0) is 5.41 Å². The average molecular weight is 180 g/mol. The van der Waals surface area contributed by atoms with E-state index in [2.05, 4.69) is 30.3 Å². The minimum absolute atomic E-state index is 0.307. The summed E-state index contributed by atoms with van der Waals surface area (Å²) in [6.07, 6.45) is 3.77. The molecule has 13 heavy (non-hydrogen) atoms. The van der Waals surface area contributed by atoms with E-state index in [1.54, 1.807) is 6.20 Å². The smallest absolute Gasteiger partial charge is 0.296 e. The molecular formula is C10H16N2O. The molecule has 72 valence electrons. The van der Waals surface area contributed by atoms with Gasteiger partial charge in [0.1, 0.15) is 0 Å². The fourth-order valence-corrected chi connectivity index (χ4v) is 1.56. The second-order valence-electron chi connectivity index (χ2n) is 4.74. The minimum Gasteiger partial charge on any atom is -0.464 e. The Kier molecular flexibility index (Phi) is 1.82. The maximum absolute atomic E-state index is 5.55. The lowest BCUT2D eigenvalue weighted by atomic mass is 9.81. The summed E-state index contributed by atoms with van der Waals surface area (Å²) in [4.78, 5) is 4.11. The van der Waals surface area contributed by atoms with Crippen LogP contribution in [0.4, 0.5) is 0 Å². The van der Waals surface area contributed by atoms with Crippen molar-refractivity contribution in [2.75, 3.05) is 6.61 Å². The third-order valence-electron chi connectivity index (χ3n) is 2.73. The van der Waals surface area contributed by atoms with E-state index in [9.17, 15) is 0 Å². The molecule has 0 bridgehead atoms. The van der Waals surface area contributed by atoms with Gasteiger partial charge in [-0.2, -0.15) is 0 Å². The Labute approximate surface area is 78.7 Å². The zero-order valence-electron chi connectivity index (χ0n) is 8.45. The predicted molar refractivity (Wildman–Crippen MR) is 50.7 cm³/mol. The fourth-order valence-electron chi connectivity index (χ4n) is 1.56. The molecule has 0 saturated carbocycles. The van der Waals surface area contributed by atoms with Crippen molar-refractivity contribution in [1.82, 2.24) is 9.55 Å². The quantitative estimate of drug-likeness (QED) is 0.610. The highest BCUT2D eigenvalue weighted by Crippen LogP contribution is 2.31. The highest BCUT2D eigenvalue weighted by atomic mass is 16.5. The first-order chi connectivity index (χ1) is 6.07. The summed E-state index contributed by atoms with van der Waals surface area (Å²) in [5, 5.41) is 0. The number of aromatic nitrogens is 2. The van der Waals surface area contributed by atoms with Gasteiger partial charge in [-0.3, -0.25) is 0 Å². The second-order valence-corrected chi connectivity index (χ2v) is 4.74. The molecule has 0 saturated heterocycles. The topological polar surface area (TPSA) is 27.1 Å². The molecule has 0 spiro atoms. The molecule has 1 aromatic rings. The van der Waals surface area contributed by atoms with Crippen molar-refractivity contribution in [3.05, 3.63) is 12.4 Å². The van der Waals surface area contributed by atoms with Crippen molar-refractivity contribution in [1.29, 1.82) is 0 Å². The Hall–Kier alpha value is -0.990. The van der Waals surface area contributed by atoms with Gasteiger partial charge in [0.05, 0.1) is 6.61 Å². The Balaban J connectivity index is 2.18. The van der Waals surface area contributed by atoms with Gasteiger partial charge in [0.15, 0.2) is 0 Å². The van der Waals surface area contributed by atoms with Gasteiger partial charge in [-0.15, -0.1) is 0 Å². The Bertz CT molecular complexity index is 298. The highest BCUT2D eigenvalue weighted by Gasteiger charge is 2.29. The van der Waals surface area contributed by atoms with Crippen molar-refractivity contribution < 1.29 is 4.74 Å². The maximum atomic E-state index is 5.55. The zero-order chi connectivity index (χ0) is 9.47. The summed E-state index contributed by atoms with van der Waals surface area (Å²) in [5.74, 6) is 0.578. The number of hydrogen-bond donors (Lipinski definition) is 0. The van der Waals surface area contributed by atoms with Crippen molar-refractivity contribution in [2.24, 2.45) is 11.3 Å². The van der Waals surface area contributed by atoms with Crippen LogP contribution >= 0.6 is 0 Å². The molecule has 3 heteroatoms. The molecule has 1 atom stereocenters. The molecule has 1 aliphatic heterocycles. The Morgan fingerprint density at radius 1 is 1.54 bits per heavy atom. The summed E-state index contributed by atoms with van der Waals surface area (Å²) in [5.41, 5.74) is 0.307. The lowest BCUT2D eigenvalue weighted by Gasteiger charge is -2.33. The SMILES string of the molecule is CC(C)(C)C1COc2nccn2C1. The van der Waals surface area contributed by atoms with E-state index in [1.807, 2.05) is 6.20 Å². The average Bonchev–Trinajstić information content (AvgIpc) is 2.47. The highest BCUT2D eigenvalue weighted by molar-refractivity contribution is 5.02. The van der Waals surface area contributed by atoms with E-state index in [1.165, 1.54) is 0 Å². The van der Waals surface area contributed by atoms with E-state index in [0.717, 1.165) is 19.2 Å². The number of nitrogens with zero attached hydrogens (tertiary/aromatic N) is 2. The molecule has 0 aliphatic carbocycles. The Morgan fingerprint density at radius 3 is 3.00 bits per heavy atom. The van der Waals surface area contributed by atoms with Crippen molar-refractivity contribution >= 4 is 0 Å². The summed E-state index contributed by atoms with van der Waals surface area (Å²) >= 11 is 0. The number of hydrogen-bond acceptors (Lipinski definition) is 2. The first-order valence-electron chi connectivity index (χ1n) is 4.71. The molecule has 0 fully saturated rings. The number of imidazole rings is 1. The normalized spacial score (nSPS) is 22.2. The van der Waals surface area contributed by atoms with Crippen LogP contribution in [0.5, 0.6) is 6.01 Å². The molecule has 1 aromatic heterocycles. The predicted octanol–water partition coefficient (Wildman–Crippen LogP) is 1.94. The van der Waals surface area contributed by atoms with E-state index >= 15 is 0 Å². The molecular weight excluding hydrogens is 164 g/mol. The third-order valence-corrected chi connectivity index (χ3v) is 2.73. The molecule has 0 aromatic carbocycles. The lowest BCUT2D eigenvalue weighted by molar-refractivity contribution is 0.0864. The summed E-state index contributed by atoms with van der Waals surface area (Å²) in [6, 6.07) is 0.764. The largest absolute Gasteiger partial charge is 0.464 e. The third kappa shape index (κ3) is 1.55. The summed E-state index contributed by atoms with van der Waals surface area (Å²) in [7, 11) is 0. The molecule has 3 nitrogen and oxygen atoms in total. The van der Waals surface area contributed by atoms with Crippen LogP contribution in [0, 0.1) is 11.3 Å². The van der Waals surface area contributed by atoms with Gasteiger partial charge in [-0.1, -0.05) is 20.8 Å². The van der Waals surface area contributed by atoms with Crippen LogP contribution in [0.2, 0.25) is 0 Å². The van der Waals surface area contributed by atoms with E-state index in [0.29, 0.717) is 11.3 Å². The van der Waals surface area contributed by atoms with Gasteiger partial charge in [0.2, 0.25) is 0 Å². The minimum atomic E-state index is 0.307. The van der Waals surface area contributed by atoms with E-state index in [-0.39, 0.29) is 0 Å². The van der Waals surface area contributed by atoms with Gasteiger partial charge in [0.25, 0.3) is 6.01 Å². The summed E-state index contributed by atoms with van der Waals surface area (Å²) < 4.78 is 7.64. The molecule has 2 heterocycles. The van der Waals surface area contributed by atoms with Crippen molar-refractivity contribution in [3.8, 4) is 6.01 Å². The van der Waals surface area contributed by atoms with Crippen molar-refractivity contribution in [2.45, 2.75) is 27.3 Å². The molecule has 0 N–H and O–H groups in total. The van der Waals surface area contributed by atoms with Crippen LogP contribution in [0.1, 0.15) is 20.8 Å². The van der Waals surface area contributed by atoms with E-state index < -0.39 is 0 Å². The molecule has 2 rings (SSSR count). The zero-order valence-corrected chi connectivity index (χ0v) is 8.45. The summed E-state index contributed by atoms with van der Waals surface area (Å²) in [6.45, 7) is 8.58. The fraction of sp³-hybridized carbons (Fsp3) is 0.700. The molecule has 1 aliphatic rings. The van der Waals surface area contributed by atoms with Crippen LogP contribution < -0.4 is 4.74 Å².